The summed E-state index contributed by atoms with van der Waals surface area (Å²) >= 11 is 0. The molecule has 4 bridgehead atoms. The molecule has 3 aliphatic rings. The summed E-state index contributed by atoms with van der Waals surface area (Å²) in [6, 6.07) is 4.09. The minimum absolute atomic E-state index is 0.0536. The number of esters is 1. The number of hydrogen-bond donors (Lipinski definition) is 0. The number of rotatable bonds is 3. The summed E-state index contributed by atoms with van der Waals surface area (Å²) in [5.41, 5.74) is 2.34. The van der Waals surface area contributed by atoms with E-state index in [9.17, 15) is 4.79 Å². The Labute approximate surface area is 136 Å². The van der Waals surface area contributed by atoms with Crippen LogP contribution in [0.1, 0.15) is 43.2 Å². The highest BCUT2D eigenvalue weighted by Gasteiger charge is 2.34. The number of methoxy groups -OCH3 is 1. The van der Waals surface area contributed by atoms with E-state index in [1.54, 1.807) is 7.11 Å². The van der Waals surface area contributed by atoms with Gasteiger partial charge in [0.1, 0.15) is 12.2 Å². The maximum Gasteiger partial charge on any atom is 0.309 e. The Morgan fingerprint density at radius 2 is 2.13 bits per heavy atom. The predicted molar refractivity (Wildman–Crippen MR) is 86.6 cm³/mol. The van der Waals surface area contributed by atoms with Gasteiger partial charge < -0.3 is 14.2 Å². The van der Waals surface area contributed by atoms with Crippen LogP contribution in [0.5, 0.6) is 11.5 Å². The Bertz CT molecular complexity index is 645. The Hall–Kier alpha value is -1.97. The molecule has 2 atom stereocenters. The SMILES string of the molecule is COc1ccc2c3c1OC(CCC2)C[C@@H](OC(=O)C1CC1)/C=C\3. The van der Waals surface area contributed by atoms with Crippen molar-refractivity contribution < 1.29 is 19.0 Å². The van der Waals surface area contributed by atoms with Crippen molar-refractivity contribution in [2.75, 3.05) is 7.11 Å². The van der Waals surface area contributed by atoms with Crippen molar-refractivity contribution in [2.45, 2.75) is 50.7 Å². The molecule has 0 radical (unpaired) electrons. The Kier molecular flexibility index (Phi) is 3.76. The van der Waals surface area contributed by atoms with Crippen LogP contribution in [0, 0.1) is 5.92 Å². The van der Waals surface area contributed by atoms with E-state index >= 15 is 0 Å². The van der Waals surface area contributed by atoms with E-state index in [4.69, 9.17) is 14.2 Å². The molecule has 0 N–H and O–H groups in total. The lowest BCUT2D eigenvalue weighted by Gasteiger charge is -2.30. The molecule has 4 heteroatoms. The van der Waals surface area contributed by atoms with Gasteiger partial charge in [-0.25, -0.2) is 0 Å². The molecule has 4 nitrogen and oxygen atoms in total. The molecular weight excluding hydrogens is 292 g/mol. The van der Waals surface area contributed by atoms with Crippen molar-refractivity contribution in [3.8, 4) is 11.5 Å². The van der Waals surface area contributed by atoms with E-state index in [2.05, 4.69) is 6.07 Å². The number of ether oxygens (including phenoxy) is 3. The number of carbonyl (C=O) groups is 1. The van der Waals surface area contributed by atoms with Crippen molar-refractivity contribution in [2.24, 2.45) is 5.92 Å². The average Bonchev–Trinajstić information content (AvgIpc) is 3.36. The van der Waals surface area contributed by atoms with Crippen LogP contribution < -0.4 is 9.47 Å². The first-order valence-electron chi connectivity index (χ1n) is 8.50. The van der Waals surface area contributed by atoms with Crippen LogP contribution in [0.25, 0.3) is 6.08 Å². The van der Waals surface area contributed by atoms with Crippen LogP contribution in [-0.2, 0) is 16.0 Å². The van der Waals surface area contributed by atoms with E-state index in [0.29, 0.717) is 6.42 Å². The van der Waals surface area contributed by atoms with Gasteiger partial charge in [0.15, 0.2) is 11.5 Å². The highest BCUT2D eigenvalue weighted by atomic mass is 16.6. The van der Waals surface area contributed by atoms with Crippen LogP contribution in [0.15, 0.2) is 18.2 Å². The first kappa shape index (κ1) is 14.6. The normalized spacial score (nSPS) is 27.0. The maximum absolute atomic E-state index is 12.0. The fourth-order valence-corrected chi connectivity index (χ4v) is 3.41. The lowest BCUT2D eigenvalue weighted by molar-refractivity contribution is -0.149. The van der Waals surface area contributed by atoms with Gasteiger partial charge in [-0.3, -0.25) is 4.79 Å². The summed E-state index contributed by atoms with van der Waals surface area (Å²) in [5, 5.41) is 0. The van der Waals surface area contributed by atoms with Gasteiger partial charge in [-0.15, -0.1) is 0 Å². The third kappa shape index (κ3) is 2.94. The molecule has 4 rings (SSSR count). The second-order valence-electron chi connectivity index (χ2n) is 6.65. The zero-order valence-corrected chi connectivity index (χ0v) is 13.4. The van der Waals surface area contributed by atoms with Crippen LogP contribution in [0.4, 0.5) is 0 Å². The third-order valence-electron chi connectivity index (χ3n) is 4.88. The van der Waals surface area contributed by atoms with Crippen molar-refractivity contribution in [1.82, 2.24) is 0 Å². The number of aryl methyl sites for hydroxylation is 1. The Morgan fingerprint density at radius 1 is 1.26 bits per heavy atom. The second-order valence-corrected chi connectivity index (χ2v) is 6.65. The fraction of sp³-hybridized carbons (Fsp3) is 0.526. The monoisotopic (exact) mass is 314 g/mol. The van der Waals surface area contributed by atoms with Crippen molar-refractivity contribution in [3.05, 3.63) is 29.3 Å². The standard InChI is InChI=1S/C19H22O4/c1-21-17-10-7-12-3-2-4-14-11-15(23-19(20)13-5-6-13)8-9-16(12)18(17)22-14/h7-10,13-15H,2-6,11H2,1H3/b9-8-/t14?,15-/m0/s1. The highest BCUT2D eigenvalue weighted by molar-refractivity contribution is 5.75. The van der Waals surface area contributed by atoms with E-state index in [-0.39, 0.29) is 24.1 Å². The zero-order chi connectivity index (χ0) is 15.8. The van der Waals surface area contributed by atoms with Crippen LogP contribution >= 0.6 is 0 Å². The molecule has 1 aromatic rings. The molecule has 0 amide bonds. The lowest BCUT2D eigenvalue weighted by atomic mass is 9.93. The molecule has 1 fully saturated rings. The maximum atomic E-state index is 12.0. The smallest absolute Gasteiger partial charge is 0.309 e. The molecule has 122 valence electrons. The van der Waals surface area contributed by atoms with Gasteiger partial charge in [0.2, 0.25) is 0 Å². The van der Waals surface area contributed by atoms with Gasteiger partial charge >= 0.3 is 5.97 Å². The number of hydrogen-bond acceptors (Lipinski definition) is 4. The third-order valence-corrected chi connectivity index (χ3v) is 4.88. The van der Waals surface area contributed by atoms with Gasteiger partial charge in [-0.2, -0.15) is 0 Å². The van der Waals surface area contributed by atoms with E-state index in [1.165, 1.54) is 5.56 Å². The van der Waals surface area contributed by atoms with Gasteiger partial charge in [-0.1, -0.05) is 12.1 Å². The minimum atomic E-state index is -0.196. The highest BCUT2D eigenvalue weighted by Crippen LogP contribution is 2.40. The Balaban J connectivity index is 1.68. The largest absolute Gasteiger partial charge is 0.493 e. The van der Waals surface area contributed by atoms with E-state index < -0.39 is 0 Å². The van der Waals surface area contributed by atoms with Crippen molar-refractivity contribution in [3.63, 3.8) is 0 Å². The van der Waals surface area contributed by atoms with Gasteiger partial charge in [0.25, 0.3) is 0 Å². The first-order valence-corrected chi connectivity index (χ1v) is 8.50. The summed E-state index contributed by atoms with van der Waals surface area (Å²) in [4.78, 5) is 12.0. The van der Waals surface area contributed by atoms with Crippen molar-refractivity contribution in [1.29, 1.82) is 0 Å². The first-order chi connectivity index (χ1) is 11.2. The molecule has 1 aliphatic carbocycles. The average molecular weight is 314 g/mol. The van der Waals surface area contributed by atoms with Crippen LogP contribution in [0.3, 0.4) is 0 Å². The quantitative estimate of drug-likeness (QED) is 0.801. The van der Waals surface area contributed by atoms with E-state index in [0.717, 1.165) is 49.2 Å². The summed E-state index contributed by atoms with van der Waals surface area (Å²) in [7, 11) is 1.67. The summed E-state index contributed by atoms with van der Waals surface area (Å²) in [5.74, 6) is 1.68. The lowest BCUT2D eigenvalue weighted by Crippen LogP contribution is -2.29. The zero-order valence-electron chi connectivity index (χ0n) is 13.4. The van der Waals surface area contributed by atoms with E-state index in [1.807, 2.05) is 18.2 Å². The number of fused-ring (bicyclic) bond motifs is 1. The molecule has 23 heavy (non-hydrogen) atoms. The van der Waals surface area contributed by atoms with Gasteiger partial charge in [-0.05, 0) is 49.8 Å². The molecule has 1 aromatic carbocycles. The van der Waals surface area contributed by atoms with Crippen LogP contribution in [-0.4, -0.2) is 25.3 Å². The van der Waals surface area contributed by atoms with Gasteiger partial charge in [0, 0.05) is 12.0 Å². The predicted octanol–water partition coefficient (Wildman–Crippen LogP) is 3.52. The van der Waals surface area contributed by atoms with Crippen LogP contribution in [0.2, 0.25) is 0 Å². The van der Waals surface area contributed by atoms with Gasteiger partial charge in [0.05, 0.1) is 13.0 Å². The molecule has 0 saturated heterocycles. The Morgan fingerprint density at radius 3 is 2.91 bits per heavy atom. The molecule has 0 spiro atoms. The second kappa shape index (κ2) is 5.91. The molecule has 2 aliphatic heterocycles. The molecule has 1 saturated carbocycles. The number of benzene rings is 1. The summed E-state index contributed by atoms with van der Waals surface area (Å²) in [6.45, 7) is 0. The number of carbonyl (C=O) groups excluding carboxylic acids is 1. The summed E-state index contributed by atoms with van der Waals surface area (Å²) in [6.07, 6.45) is 9.67. The molecular formula is C19H22O4. The van der Waals surface area contributed by atoms with Crippen molar-refractivity contribution >= 4 is 12.0 Å². The fourth-order valence-electron chi connectivity index (χ4n) is 3.41. The molecule has 2 heterocycles. The minimum Gasteiger partial charge on any atom is -0.493 e. The molecule has 0 aromatic heterocycles. The summed E-state index contributed by atoms with van der Waals surface area (Å²) < 4.78 is 17.4. The topological polar surface area (TPSA) is 44.8 Å². The molecule has 1 unspecified atom stereocenters.